The molecule has 0 bridgehead atoms. The Kier molecular flexibility index (Phi) is 35.3. The number of aliphatic hydroxyl groups is 4. The summed E-state index contributed by atoms with van der Waals surface area (Å²) in [6.07, 6.45) is 20.0. The van der Waals surface area contributed by atoms with Gasteiger partial charge >= 0.3 is 11.9 Å². The second-order valence-electron chi connectivity index (χ2n) is 41.0. The number of hydrogen-bond donors (Lipinski definition) is 7. The average Bonchev–Trinajstić information content (AvgIpc) is 1.50. The number of rotatable bonds is 20. The van der Waals surface area contributed by atoms with Crippen molar-refractivity contribution in [3.05, 3.63) is 210 Å². The third-order valence-corrected chi connectivity index (χ3v) is 32.2. The molecule has 13 atom stereocenters. The molecule has 8 aliphatic rings. The molecule has 6 aromatic carbocycles. The van der Waals surface area contributed by atoms with Gasteiger partial charge in [0.25, 0.3) is 0 Å². The van der Waals surface area contributed by atoms with Crippen molar-refractivity contribution in [1.82, 2.24) is 15.0 Å². The Balaban J connectivity index is 0.000000166. The molecule has 16 rings (SSSR count). The lowest BCUT2D eigenvalue weighted by Gasteiger charge is -2.59. The van der Waals surface area contributed by atoms with E-state index in [4.69, 9.17) is 39.3 Å². The number of methoxy groups -OCH3 is 1. The van der Waals surface area contributed by atoms with E-state index in [1.807, 2.05) is 113 Å². The van der Waals surface area contributed by atoms with Gasteiger partial charge in [0.1, 0.15) is 63.9 Å². The summed E-state index contributed by atoms with van der Waals surface area (Å²) in [7, 11) is -0.565. The normalized spacial score (nSPS) is 24.5. The van der Waals surface area contributed by atoms with Crippen molar-refractivity contribution in [2.45, 2.75) is 339 Å². The van der Waals surface area contributed by atoms with Gasteiger partial charge in [0.05, 0.1) is 53.5 Å². The number of esters is 1. The number of nitrogens with zero attached hydrogens (tertiary/aromatic N) is 4. The van der Waals surface area contributed by atoms with Gasteiger partial charge in [0.2, 0.25) is 16.0 Å². The fraction of sp³-hybridized carbons (Fsp3) is 0.554. The van der Waals surface area contributed by atoms with Gasteiger partial charge in [-0.1, -0.05) is 131 Å². The lowest BCUT2D eigenvalue weighted by atomic mass is 9.46. The predicted molar refractivity (Wildman–Crippen MR) is 534 cm³/mol. The van der Waals surface area contributed by atoms with Gasteiger partial charge in [-0.15, -0.1) is 0 Å². The fourth-order valence-electron chi connectivity index (χ4n) is 22.4. The molecule has 0 saturated heterocycles. The first-order chi connectivity index (χ1) is 63.8. The molecule has 4 fully saturated rings. The summed E-state index contributed by atoms with van der Waals surface area (Å²) in [6, 6.07) is 26.1. The lowest BCUT2D eigenvalue weighted by molar-refractivity contribution is -0.171. The number of fused-ring (bicyclic) bond motifs is 9. The zero-order chi connectivity index (χ0) is 101. The number of phenols is 2. The number of benzene rings is 6. The van der Waals surface area contributed by atoms with Crippen LogP contribution in [0.25, 0.3) is 33.3 Å². The first-order valence-electron chi connectivity index (χ1n) is 49.0. The van der Waals surface area contributed by atoms with Crippen LogP contribution in [0.3, 0.4) is 0 Å². The number of pyridine rings is 1. The number of para-hydroxylation sites is 1. The number of ether oxygens (including phenoxy) is 4. The maximum atomic E-state index is 13.5. The van der Waals surface area contributed by atoms with E-state index in [-0.39, 0.29) is 94.4 Å². The molecular formula is C112H151F3N4O16S. The van der Waals surface area contributed by atoms with Crippen LogP contribution in [0.1, 0.15) is 309 Å². The molecule has 8 aromatic rings. The minimum absolute atomic E-state index is 0.0388. The molecule has 24 heteroatoms. The average molecular weight is 1900 g/mol. The highest BCUT2D eigenvalue weighted by atomic mass is 32.2. The summed E-state index contributed by atoms with van der Waals surface area (Å²) in [5, 5.41) is 69.6. The van der Waals surface area contributed by atoms with Gasteiger partial charge in [0.15, 0.2) is 5.78 Å². The van der Waals surface area contributed by atoms with Crippen LogP contribution in [0.2, 0.25) is 0 Å². The monoisotopic (exact) mass is 1900 g/mol. The molecule has 6 aliphatic carbocycles. The van der Waals surface area contributed by atoms with Crippen molar-refractivity contribution in [3.8, 4) is 45.4 Å². The van der Waals surface area contributed by atoms with Crippen LogP contribution in [-0.4, -0.2) is 145 Å². The molecule has 136 heavy (non-hydrogen) atoms. The van der Waals surface area contributed by atoms with Crippen LogP contribution in [-0.2, 0) is 59.6 Å². The molecular weight excluding hydrogens is 1750 g/mol. The van der Waals surface area contributed by atoms with Crippen LogP contribution in [0, 0.1) is 93.5 Å². The van der Waals surface area contributed by atoms with Crippen molar-refractivity contribution >= 4 is 44.6 Å². The largest absolute Gasteiger partial charge is 0.507 e. The van der Waals surface area contributed by atoms with Crippen LogP contribution in [0.5, 0.6) is 23.0 Å². The SMILES string of the molecule is CC[C@@H](O)C[C@@H](O)CC(=O)O.CC[C@@]1(C)CCc2c(C)c(O)c(C)c(C)c2O1.CC[C@@]1(OC(=O)COC)CCc2cc(F)ccc2[C@@H]1C(C)C.CC[C@H]1c2c(C)c(O)c(C)c(C)c2OC1(C)C.CCc1c(-c2ccc(F)cc2)nc(N(C)S(C)(=O)=O)nc1C(C)C.CCc1c(C2CC2)nc2ccccc2c1-c1ccc(F)cc1.C[C@]12C=CC(=O)C=C1CCC1C2[C@@H](O)C[C@@]2(C)C1CC[C@@]2(C)O. The number of aromatic nitrogens is 3. The zero-order valence-electron chi connectivity index (χ0n) is 85.0. The molecule has 3 unspecified atom stereocenters. The Labute approximate surface area is 805 Å². The van der Waals surface area contributed by atoms with Gasteiger partial charge in [-0.3, -0.25) is 14.6 Å². The lowest BCUT2D eigenvalue weighted by Crippen LogP contribution is -2.58. The highest BCUT2D eigenvalue weighted by Crippen LogP contribution is 2.67. The number of sulfonamides is 1. The fourth-order valence-corrected chi connectivity index (χ4v) is 22.8. The number of carboxylic acid groups (broad SMARTS) is 1. The summed E-state index contributed by atoms with van der Waals surface area (Å²) in [5.41, 5.74) is 19.0. The van der Waals surface area contributed by atoms with E-state index in [0.717, 1.165) is 177 Å². The number of aliphatic carboxylic acids is 1. The van der Waals surface area contributed by atoms with Crippen molar-refractivity contribution in [1.29, 1.82) is 0 Å². The number of anilines is 1. The number of aliphatic hydroxyl groups excluding tert-OH is 3. The number of aromatic hydroxyl groups is 2. The molecule has 0 radical (unpaired) electrons. The van der Waals surface area contributed by atoms with Crippen molar-refractivity contribution < 1.29 is 90.7 Å². The van der Waals surface area contributed by atoms with Crippen LogP contribution in [0.15, 0.2) is 115 Å². The standard InChI is InChI=1S/C20H18FN.C20H28O3.C18H25FO3.C17H22FN3O2S.2C15H22O2.C7H14O4/c1-2-16-19(13-9-11-15(21)12-10-13)17-5-3-4-6-18(17)22-20(16)14-7-8-14;1-18-8-6-13(21)10-12(18)4-5-14-15-7-9-20(3,23)19(15,2)11-16(22)17(14)18;1-5-18(22-16(20)11-21-4)9-8-13-10-14(19)6-7-15(13)17(18)12(2)3;1-6-14-15(11(2)3)19-17(21(4)24(5,22)23)20-16(14)12-7-9-13(18)10-8-12;1-7-11-12-10(4)13(16)8(2)9(3)14(12)17-15(11,5)6;1-6-15(5)8-7-12-11(4)13(16)9(2)10(3)14(12)17-15;1-2-5(8)3-6(9)4-7(10)11/h3-6,9-12,14H,2,7-8H2,1H3;6,8,10,14-17,22-23H,4-5,7,9,11H2,1-3H3;6-7,10,12,17H,5,8-9,11H2,1-4H3;7-11H,6H2,1-5H3;11,16H,7H2,1-6H3;16H,6-8H2,1-5H3;5-6,8-9H,2-4H2,1H3,(H,10,11)/t;14?,15?,16-,17?,18-,19-,20+;17-,18+;;11-;15-;5-,6-/m.00.001/s1. The summed E-state index contributed by atoms with van der Waals surface area (Å²) in [5.74, 6) is 3.47. The first-order valence-corrected chi connectivity index (χ1v) is 50.9. The number of hydrogen-bond acceptors (Lipinski definition) is 18. The topological polar surface area (TPSA) is 306 Å². The molecule has 4 saturated carbocycles. The van der Waals surface area contributed by atoms with E-state index in [0.29, 0.717) is 66.0 Å². The summed E-state index contributed by atoms with van der Waals surface area (Å²) >= 11 is 0. The molecule has 2 aliphatic heterocycles. The van der Waals surface area contributed by atoms with E-state index in [9.17, 15) is 56.4 Å². The Morgan fingerprint density at radius 2 is 1.29 bits per heavy atom. The summed E-state index contributed by atoms with van der Waals surface area (Å²) < 4.78 is 87.9. The van der Waals surface area contributed by atoms with E-state index in [1.165, 1.54) is 78.7 Å². The van der Waals surface area contributed by atoms with Crippen molar-refractivity contribution in [2.75, 3.05) is 31.3 Å². The van der Waals surface area contributed by atoms with Crippen molar-refractivity contribution in [2.24, 2.45) is 34.5 Å². The predicted octanol–water partition coefficient (Wildman–Crippen LogP) is 23.5. The number of carbonyl (C=O) groups is 3. The molecule has 742 valence electrons. The maximum absolute atomic E-state index is 13.5. The van der Waals surface area contributed by atoms with Crippen LogP contribution < -0.4 is 13.8 Å². The maximum Gasteiger partial charge on any atom is 0.332 e. The van der Waals surface area contributed by atoms with Gasteiger partial charge in [-0.2, -0.15) is 0 Å². The first kappa shape index (κ1) is 108. The third-order valence-electron chi connectivity index (χ3n) is 31.0. The Hall–Kier alpha value is -9.56. The smallest absolute Gasteiger partial charge is 0.332 e. The van der Waals surface area contributed by atoms with Gasteiger partial charge < -0.3 is 54.7 Å². The van der Waals surface area contributed by atoms with E-state index < -0.39 is 45.5 Å². The number of carbonyl (C=O) groups excluding carboxylic acids is 2. The van der Waals surface area contributed by atoms with Crippen molar-refractivity contribution in [3.63, 3.8) is 0 Å². The summed E-state index contributed by atoms with van der Waals surface area (Å²) in [6.45, 7) is 45.3. The Morgan fingerprint density at radius 3 is 1.85 bits per heavy atom. The number of allylic oxidation sites excluding steroid dienone is 4. The molecule has 0 amide bonds. The minimum atomic E-state index is -3.48. The van der Waals surface area contributed by atoms with E-state index in [2.05, 4.69) is 91.3 Å². The molecule has 2 aromatic heterocycles. The second kappa shape index (κ2) is 44.3. The highest BCUT2D eigenvalue weighted by Gasteiger charge is 2.65. The van der Waals surface area contributed by atoms with Crippen LogP contribution in [0.4, 0.5) is 19.1 Å². The Morgan fingerprint density at radius 1 is 0.684 bits per heavy atom. The van der Waals surface area contributed by atoms with Gasteiger partial charge in [0, 0.05) is 82.0 Å². The molecule has 0 spiro atoms. The van der Waals surface area contributed by atoms with Crippen LogP contribution >= 0.6 is 0 Å². The highest BCUT2D eigenvalue weighted by molar-refractivity contribution is 7.92. The number of phenolic OH excluding ortho intramolecular Hbond substituents is 2. The molecule has 4 heterocycles. The van der Waals surface area contributed by atoms with E-state index in [1.54, 1.807) is 49.4 Å². The zero-order valence-corrected chi connectivity index (χ0v) is 85.8. The molecule has 20 nitrogen and oxygen atoms in total. The molecule has 7 N–H and O–H groups in total. The second-order valence-corrected chi connectivity index (χ2v) is 43.0. The number of aryl methyl sites for hydroxylation is 1. The minimum Gasteiger partial charge on any atom is -0.507 e. The van der Waals surface area contributed by atoms with E-state index >= 15 is 0 Å². The Bertz CT molecular complexity index is 5790. The summed E-state index contributed by atoms with van der Waals surface area (Å²) in [4.78, 5) is 47.7. The third kappa shape index (κ3) is 23.4. The number of halogens is 3. The van der Waals surface area contributed by atoms with Gasteiger partial charge in [-0.05, 0) is 336 Å². The number of carboxylic acids is 1. The number of ketones is 1. The quantitative estimate of drug-likeness (QED) is 0.0349. The van der Waals surface area contributed by atoms with Gasteiger partial charge in [-0.25, -0.2) is 40.7 Å².